The molecule has 0 amide bonds. The van der Waals surface area contributed by atoms with Gasteiger partial charge in [-0.05, 0) is 0 Å². The zero-order valence-electron chi connectivity index (χ0n) is 11.1. The van der Waals surface area contributed by atoms with Crippen molar-refractivity contribution in [2.45, 2.75) is 18.4 Å². The van der Waals surface area contributed by atoms with Crippen LogP contribution in [-0.4, -0.2) is 62.7 Å². The van der Waals surface area contributed by atoms with E-state index in [0.29, 0.717) is 38.5 Å². The number of hydrogen-bond donors (Lipinski definition) is 2. The van der Waals surface area contributed by atoms with E-state index >= 15 is 0 Å². The van der Waals surface area contributed by atoms with Crippen molar-refractivity contribution >= 4 is 10.0 Å². The number of nitrogens with zero attached hydrogens (tertiary/aromatic N) is 2. The molecule has 1 fully saturated rings. The maximum atomic E-state index is 12.0. The van der Waals surface area contributed by atoms with Crippen molar-refractivity contribution < 1.29 is 13.2 Å². The van der Waals surface area contributed by atoms with Crippen molar-refractivity contribution in [2.24, 2.45) is 0 Å². The Morgan fingerprint density at radius 1 is 1.47 bits per heavy atom. The fraction of sp³-hybridized carbons (Fsp3) is 0.727. The molecule has 0 aliphatic carbocycles. The van der Waals surface area contributed by atoms with Gasteiger partial charge in [0.2, 0.25) is 0 Å². The number of ether oxygens (including phenoxy) is 1. The molecular weight excluding hydrogens is 268 g/mol. The van der Waals surface area contributed by atoms with Crippen LogP contribution in [-0.2, 0) is 21.2 Å². The summed E-state index contributed by atoms with van der Waals surface area (Å²) in [4.78, 5) is 8.97. The van der Waals surface area contributed by atoms with Crippen LogP contribution in [0.15, 0.2) is 11.2 Å². The number of hydrogen-bond acceptors (Lipinski definition) is 5. The number of rotatable bonds is 6. The van der Waals surface area contributed by atoms with Crippen molar-refractivity contribution in [1.29, 1.82) is 0 Å². The number of nitrogens with one attached hydrogen (secondary N) is 2. The molecule has 1 aromatic heterocycles. The molecule has 1 aliphatic heterocycles. The molecule has 1 aromatic rings. The van der Waals surface area contributed by atoms with Crippen LogP contribution in [0.4, 0.5) is 0 Å². The van der Waals surface area contributed by atoms with Gasteiger partial charge in [0, 0.05) is 32.6 Å². The van der Waals surface area contributed by atoms with Gasteiger partial charge >= 0.3 is 0 Å². The van der Waals surface area contributed by atoms with Crippen LogP contribution in [0.25, 0.3) is 0 Å². The van der Waals surface area contributed by atoms with Gasteiger partial charge in [-0.25, -0.2) is 18.1 Å². The van der Waals surface area contributed by atoms with Gasteiger partial charge in [0.1, 0.15) is 5.82 Å². The largest absolute Gasteiger partial charge is 0.379 e. The lowest BCUT2D eigenvalue weighted by Crippen LogP contribution is -2.41. The summed E-state index contributed by atoms with van der Waals surface area (Å²) in [5.74, 6) is 0.675. The lowest BCUT2D eigenvalue weighted by atomic mass is 10.4. The third kappa shape index (κ3) is 4.00. The predicted molar refractivity (Wildman–Crippen MR) is 70.4 cm³/mol. The molecule has 2 N–H and O–H groups in total. The van der Waals surface area contributed by atoms with Gasteiger partial charge in [0.25, 0.3) is 10.0 Å². The maximum Gasteiger partial charge on any atom is 0.257 e. The van der Waals surface area contributed by atoms with Gasteiger partial charge < -0.3 is 9.72 Å². The molecule has 0 atom stereocenters. The molecule has 0 aromatic carbocycles. The smallest absolute Gasteiger partial charge is 0.257 e. The quantitative estimate of drug-likeness (QED) is 0.742. The zero-order valence-corrected chi connectivity index (χ0v) is 11.9. The Labute approximate surface area is 113 Å². The summed E-state index contributed by atoms with van der Waals surface area (Å²) in [6.07, 6.45) is 2.04. The first-order chi connectivity index (χ1) is 9.12. The highest BCUT2D eigenvalue weighted by Gasteiger charge is 2.17. The minimum Gasteiger partial charge on any atom is -0.379 e. The first kappa shape index (κ1) is 14.4. The van der Waals surface area contributed by atoms with Crippen LogP contribution < -0.4 is 4.72 Å². The molecule has 8 heteroatoms. The summed E-state index contributed by atoms with van der Waals surface area (Å²) in [5, 5.41) is 0.131. The Bertz CT molecular complexity index is 494. The molecule has 0 saturated carbocycles. The monoisotopic (exact) mass is 288 g/mol. The van der Waals surface area contributed by atoms with E-state index in [1.165, 1.54) is 6.20 Å². The topological polar surface area (TPSA) is 87.3 Å². The molecule has 0 radical (unpaired) electrons. The third-order valence-corrected chi connectivity index (χ3v) is 4.42. The Kier molecular flexibility index (Phi) is 4.92. The van der Waals surface area contributed by atoms with E-state index in [1.54, 1.807) is 0 Å². The Balaban J connectivity index is 1.83. The van der Waals surface area contributed by atoms with Crippen LogP contribution >= 0.6 is 0 Å². The Morgan fingerprint density at radius 3 is 2.84 bits per heavy atom. The van der Waals surface area contributed by atoms with E-state index in [-0.39, 0.29) is 5.03 Å². The van der Waals surface area contributed by atoms with E-state index in [0.717, 1.165) is 13.1 Å². The van der Waals surface area contributed by atoms with Gasteiger partial charge in [0.15, 0.2) is 5.03 Å². The average Bonchev–Trinajstić information content (AvgIpc) is 2.89. The molecule has 108 valence electrons. The Hall–Kier alpha value is -0.960. The van der Waals surface area contributed by atoms with Gasteiger partial charge in [-0.15, -0.1) is 0 Å². The SMILES string of the molecule is CCc1ncc(S(=O)(=O)NCCN2CCOCC2)[nH]1. The van der Waals surface area contributed by atoms with Crippen LogP contribution in [0.3, 0.4) is 0 Å². The Morgan fingerprint density at radius 2 is 2.21 bits per heavy atom. The number of aryl methyl sites for hydroxylation is 1. The first-order valence-electron chi connectivity index (χ1n) is 6.45. The number of imidazole rings is 1. The van der Waals surface area contributed by atoms with Crippen LogP contribution in [0.1, 0.15) is 12.7 Å². The minimum atomic E-state index is -3.48. The number of H-pyrrole nitrogens is 1. The van der Waals surface area contributed by atoms with Crippen molar-refractivity contribution in [2.75, 3.05) is 39.4 Å². The molecule has 7 nitrogen and oxygen atoms in total. The second-order valence-electron chi connectivity index (χ2n) is 4.40. The molecule has 19 heavy (non-hydrogen) atoms. The summed E-state index contributed by atoms with van der Waals surface area (Å²) >= 11 is 0. The summed E-state index contributed by atoms with van der Waals surface area (Å²) in [6.45, 7) is 6.14. The van der Waals surface area contributed by atoms with Crippen LogP contribution in [0.5, 0.6) is 0 Å². The zero-order chi connectivity index (χ0) is 13.7. The summed E-state index contributed by atoms with van der Waals surface area (Å²) < 4.78 is 31.8. The molecule has 0 unspecified atom stereocenters. The van der Waals surface area contributed by atoms with Gasteiger partial charge in [0.05, 0.1) is 19.4 Å². The van der Waals surface area contributed by atoms with Crippen molar-refractivity contribution in [3.8, 4) is 0 Å². The van der Waals surface area contributed by atoms with Gasteiger partial charge in [-0.1, -0.05) is 6.92 Å². The second kappa shape index (κ2) is 6.47. The van der Waals surface area contributed by atoms with Crippen LogP contribution in [0.2, 0.25) is 0 Å². The molecule has 2 heterocycles. The van der Waals surface area contributed by atoms with Crippen molar-refractivity contribution in [3.63, 3.8) is 0 Å². The normalized spacial score (nSPS) is 17.7. The fourth-order valence-electron chi connectivity index (χ4n) is 1.90. The highest BCUT2D eigenvalue weighted by atomic mass is 32.2. The summed E-state index contributed by atoms with van der Waals surface area (Å²) in [6, 6.07) is 0. The van der Waals surface area contributed by atoms with E-state index in [9.17, 15) is 8.42 Å². The van der Waals surface area contributed by atoms with E-state index in [2.05, 4.69) is 19.6 Å². The fourth-order valence-corrected chi connectivity index (χ4v) is 2.86. The summed E-state index contributed by atoms with van der Waals surface area (Å²) in [7, 11) is -3.48. The maximum absolute atomic E-state index is 12.0. The molecule has 0 bridgehead atoms. The lowest BCUT2D eigenvalue weighted by molar-refractivity contribution is 0.0390. The van der Waals surface area contributed by atoms with E-state index < -0.39 is 10.0 Å². The predicted octanol–water partition coefficient (Wildman–Crippen LogP) is -0.417. The summed E-state index contributed by atoms with van der Waals surface area (Å²) in [5.41, 5.74) is 0. The van der Waals surface area contributed by atoms with Crippen LogP contribution in [0, 0.1) is 0 Å². The van der Waals surface area contributed by atoms with Crippen molar-refractivity contribution in [3.05, 3.63) is 12.0 Å². The van der Waals surface area contributed by atoms with Crippen molar-refractivity contribution in [1.82, 2.24) is 19.6 Å². The molecule has 1 aliphatic rings. The number of sulfonamides is 1. The number of aromatic nitrogens is 2. The highest BCUT2D eigenvalue weighted by molar-refractivity contribution is 7.89. The molecule has 0 spiro atoms. The third-order valence-electron chi connectivity index (χ3n) is 3.05. The first-order valence-corrected chi connectivity index (χ1v) is 7.94. The minimum absolute atomic E-state index is 0.131. The van der Waals surface area contributed by atoms with Gasteiger partial charge in [-0.3, -0.25) is 4.90 Å². The molecule has 2 rings (SSSR count). The van der Waals surface area contributed by atoms with E-state index in [1.807, 2.05) is 6.92 Å². The number of morpholine rings is 1. The lowest BCUT2D eigenvalue weighted by Gasteiger charge is -2.26. The second-order valence-corrected chi connectivity index (χ2v) is 6.13. The standard InChI is InChI=1S/C11H20N4O3S/c1-2-10-12-9-11(14-10)19(16,17)13-3-4-15-5-7-18-8-6-15/h9,13H,2-8H2,1H3,(H,12,14). The molecular formula is C11H20N4O3S. The molecule has 1 saturated heterocycles. The number of aromatic amines is 1. The van der Waals surface area contributed by atoms with Gasteiger partial charge in [-0.2, -0.15) is 0 Å². The highest BCUT2D eigenvalue weighted by Crippen LogP contribution is 2.05. The van der Waals surface area contributed by atoms with E-state index in [4.69, 9.17) is 4.74 Å². The average molecular weight is 288 g/mol.